The zero-order chi connectivity index (χ0) is 28.1. The number of alkyl carbamates (subject to hydrolysis) is 1. The molecule has 0 radical (unpaired) electrons. The number of carbonyl (C=O) groups excluding carboxylic acids is 3. The van der Waals surface area contributed by atoms with E-state index in [0.717, 1.165) is 0 Å². The number of Topliss-reactive ketones (excluding diaryl/α,β-unsaturated/α-hetero) is 1. The van der Waals surface area contributed by atoms with Gasteiger partial charge in [-0.3, -0.25) is 0 Å². The van der Waals surface area contributed by atoms with E-state index < -0.39 is 41.9 Å². The molecule has 0 bridgehead atoms. The summed E-state index contributed by atoms with van der Waals surface area (Å²) in [6, 6.07) is 7.13. The second kappa shape index (κ2) is 17.6. The van der Waals surface area contributed by atoms with Crippen LogP contribution in [0, 0.1) is 0 Å². The number of carbonyl (C=O) groups is 4. The molecule has 0 aliphatic carbocycles. The number of alkyl halides is 3. The van der Waals surface area contributed by atoms with E-state index in [1.807, 2.05) is 24.3 Å². The third-order valence-electron chi connectivity index (χ3n) is 3.78. The molecule has 0 aromatic carbocycles. The molecule has 0 fully saturated rings. The molecule has 2 aromatic heterocycles. The van der Waals surface area contributed by atoms with Crippen molar-refractivity contribution in [3.63, 3.8) is 0 Å². The van der Waals surface area contributed by atoms with Crippen LogP contribution >= 0.6 is 0 Å². The molecule has 210 valence electrons. The fourth-order valence-corrected chi connectivity index (χ4v) is 6.53. The molecule has 0 saturated heterocycles. The van der Waals surface area contributed by atoms with Crippen LogP contribution in [-0.2, 0) is 32.0 Å². The van der Waals surface area contributed by atoms with Gasteiger partial charge in [0.2, 0.25) is 0 Å². The standard InChI is InChI=1S/C13H19NO3Te.C7H9NO2Te.C2HF3O2.CH4/c1-9(15)11(8-10-6-5-7-18-10)14-12(16)17-13(2,3)4;8-6(7(9)10)4-5-2-1-3-11-5;3-2(4,5)1(6)7;/h5-7,11H,8H2,1-4H3,(H,14,16);1-3,6H,4,8H2,(H,9,10);(H,6,7);1H4/t11-;6-;;/m00../s1. The molecule has 37 heavy (non-hydrogen) atoms. The summed E-state index contributed by atoms with van der Waals surface area (Å²) in [6.07, 6.45) is -4.50. The Morgan fingerprint density at radius 3 is 1.78 bits per heavy atom. The normalized spacial score (nSPS) is 12.2. The number of aliphatic carboxylic acids is 2. The summed E-state index contributed by atoms with van der Waals surface area (Å²) in [5.41, 5.74) is 3.01. The zero-order valence-corrected chi connectivity index (χ0v) is 24.7. The monoisotopic (exact) mass is 766 g/mol. The topological polar surface area (TPSA) is 160 Å². The van der Waals surface area contributed by atoms with Gasteiger partial charge in [-0.25, -0.2) is 0 Å². The van der Waals surface area contributed by atoms with E-state index in [0.29, 0.717) is 12.8 Å². The van der Waals surface area contributed by atoms with E-state index in [9.17, 15) is 27.6 Å². The number of hydrogen-bond donors (Lipinski definition) is 3. The average molecular weight is 762 g/mol. The maximum atomic E-state index is 11.6. The molecule has 2 atom stereocenters. The van der Waals surface area contributed by atoms with Gasteiger partial charge in [0, 0.05) is 0 Å². The molecule has 0 aliphatic heterocycles. The molecule has 1 amide bonds. The first-order valence-corrected chi connectivity index (χ1v) is 15.3. The summed E-state index contributed by atoms with van der Waals surface area (Å²) in [5, 5.41) is 20.0. The first-order chi connectivity index (χ1) is 16.4. The van der Waals surface area contributed by atoms with Crippen molar-refractivity contribution in [3.05, 3.63) is 39.6 Å². The molecule has 14 heteroatoms. The third kappa shape index (κ3) is 19.0. The molecule has 0 saturated carbocycles. The Bertz CT molecular complexity index is 958. The molecule has 2 aromatic rings. The van der Waals surface area contributed by atoms with E-state index in [1.54, 1.807) is 20.8 Å². The maximum absolute atomic E-state index is 11.6. The Kier molecular flexibility index (Phi) is 17.8. The van der Waals surface area contributed by atoms with Crippen molar-refractivity contribution >= 4 is 64.7 Å². The van der Waals surface area contributed by atoms with Crippen LogP contribution in [0.4, 0.5) is 18.0 Å². The minimum absolute atomic E-state index is 0. The summed E-state index contributed by atoms with van der Waals surface area (Å²) in [5.74, 6) is -3.85. The Hall–Kier alpha value is -1.83. The van der Waals surface area contributed by atoms with Crippen LogP contribution in [0.3, 0.4) is 0 Å². The zero-order valence-electron chi connectivity index (χ0n) is 20.1. The first-order valence-electron chi connectivity index (χ1n) is 10.3. The fraction of sp³-hybridized carbons (Fsp3) is 0.478. The van der Waals surface area contributed by atoms with Crippen LogP contribution in [0.2, 0.25) is 0 Å². The van der Waals surface area contributed by atoms with Gasteiger partial charge >= 0.3 is 198 Å². The Balaban J connectivity index is 0. The van der Waals surface area contributed by atoms with E-state index in [4.69, 9.17) is 19.7 Å². The van der Waals surface area contributed by atoms with Crippen molar-refractivity contribution in [1.29, 1.82) is 0 Å². The summed E-state index contributed by atoms with van der Waals surface area (Å²) in [7, 11) is 0. The number of ketones is 1. The molecule has 2 heterocycles. The van der Waals surface area contributed by atoms with Gasteiger partial charge in [-0.05, 0) is 0 Å². The number of ether oxygens (including phenoxy) is 1. The van der Waals surface area contributed by atoms with Crippen molar-refractivity contribution < 1.29 is 53.0 Å². The molecular weight excluding hydrogens is 728 g/mol. The minimum atomic E-state index is -5.19. The van der Waals surface area contributed by atoms with Crippen molar-refractivity contribution in [2.24, 2.45) is 0 Å². The van der Waals surface area contributed by atoms with Gasteiger partial charge in [-0.1, -0.05) is 7.43 Å². The van der Waals surface area contributed by atoms with E-state index >= 15 is 0 Å². The number of hydrogen-bond acceptors (Lipinski definition) is 6. The Labute approximate surface area is 233 Å². The van der Waals surface area contributed by atoms with Crippen LogP contribution in [0.25, 0.3) is 0 Å². The second-order valence-corrected chi connectivity index (χ2v) is 14.1. The van der Waals surface area contributed by atoms with E-state index in [-0.39, 0.29) is 54.1 Å². The molecule has 9 nitrogen and oxygen atoms in total. The van der Waals surface area contributed by atoms with Gasteiger partial charge in [-0.2, -0.15) is 13.2 Å². The predicted octanol–water partition coefficient (Wildman–Crippen LogP) is 0.684. The molecule has 2 rings (SSSR count). The molecule has 0 spiro atoms. The van der Waals surface area contributed by atoms with Crippen LogP contribution in [0.1, 0.15) is 42.3 Å². The van der Waals surface area contributed by atoms with Crippen molar-refractivity contribution in [1.82, 2.24) is 5.32 Å². The van der Waals surface area contributed by atoms with Gasteiger partial charge in [0.1, 0.15) is 5.97 Å². The van der Waals surface area contributed by atoms with Crippen molar-refractivity contribution in [2.75, 3.05) is 0 Å². The van der Waals surface area contributed by atoms with Gasteiger partial charge in [0.15, 0.2) is 0 Å². The second-order valence-electron chi connectivity index (χ2n) is 8.20. The average Bonchev–Trinajstić information content (AvgIpc) is 3.40. The quantitative estimate of drug-likeness (QED) is 0.350. The molecular formula is C23H33F3N2O7Te2. The summed E-state index contributed by atoms with van der Waals surface area (Å²) < 4.78 is 43.6. The van der Waals surface area contributed by atoms with Gasteiger partial charge < -0.3 is 9.90 Å². The number of amides is 1. The predicted molar refractivity (Wildman–Crippen MR) is 130 cm³/mol. The number of nitrogens with one attached hydrogen (secondary N) is 1. The summed E-state index contributed by atoms with van der Waals surface area (Å²) in [6.45, 7) is 6.88. The fourth-order valence-electron chi connectivity index (χ4n) is 2.14. The SMILES string of the molecule is C.CC(=O)[C@H](Cc1ccc[te]1)NC(=O)OC(C)(C)C.O=C([O-])C(F)(F)F.[NH3+][C@@H](Cc1ccc[te]1)C(=O)O. The van der Waals surface area contributed by atoms with Gasteiger partial charge in [0.25, 0.3) is 0 Å². The molecule has 5 N–H and O–H groups in total. The van der Waals surface area contributed by atoms with Crippen molar-refractivity contribution in [2.45, 2.75) is 71.8 Å². The van der Waals surface area contributed by atoms with Gasteiger partial charge in [0.05, 0.1) is 0 Å². The van der Waals surface area contributed by atoms with E-state index in [1.165, 1.54) is 14.1 Å². The number of halogens is 3. The van der Waals surface area contributed by atoms with Crippen LogP contribution in [-0.4, -0.2) is 93.6 Å². The van der Waals surface area contributed by atoms with Crippen LogP contribution < -0.4 is 16.2 Å². The van der Waals surface area contributed by atoms with Crippen LogP contribution in [0.5, 0.6) is 0 Å². The van der Waals surface area contributed by atoms with Crippen LogP contribution in [0.15, 0.2) is 32.4 Å². The molecule has 0 unspecified atom stereocenters. The summed E-state index contributed by atoms with van der Waals surface area (Å²) >= 11 is -0.441. The number of carboxylic acid groups (broad SMARTS) is 2. The van der Waals surface area contributed by atoms with Gasteiger partial charge in [-0.15, -0.1) is 0 Å². The number of rotatable bonds is 7. The number of quaternary nitrogens is 1. The Morgan fingerprint density at radius 2 is 1.49 bits per heavy atom. The van der Waals surface area contributed by atoms with E-state index in [2.05, 4.69) is 19.2 Å². The Morgan fingerprint density at radius 1 is 1.05 bits per heavy atom. The van der Waals surface area contributed by atoms with Crippen molar-refractivity contribution in [3.8, 4) is 0 Å². The molecule has 0 aliphatic rings. The third-order valence-corrected chi connectivity index (χ3v) is 8.91. The number of carboxylic acids is 2. The summed E-state index contributed by atoms with van der Waals surface area (Å²) in [4.78, 5) is 42.3. The first kappa shape index (κ1) is 37.3.